The first kappa shape index (κ1) is 29.4. The summed E-state index contributed by atoms with van der Waals surface area (Å²) in [4.78, 5) is 0. The van der Waals surface area contributed by atoms with Crippen LogP contribution >= 0.6 is 7.92 Å². The van der Waals surface area contributed by atoms with E-state index in [9.17, 15) is 0 Å². The van der Waals surface area contributed by atoms with Crippen molar-refractivity contribution in [2.75, 3.05) is 0 Å². The van der Waals surface area contributed by atoms with Crippen molar-refractivity contribution in [3.63, 3.8) is 0 Å². The van der Waals surface area contributed by atoms with Crippen LogP contribution in [0, 0.1) is 0 Å². The minimum Gasteiger partial charge on any atom is -1.00 e. The average molecular weight is 493 g/mol. The molecule has 0 aliphatic rings. The summed E-state index contributed by atoms with van der Waals surface area (Å²) in [5, 5.41) is 7.67. The molecular formula is C26H31Cl2PTi. The van der Waals surface area contributed by atoms with E-state index in [2.05, 4.69) is 120 Å². The number of halogens is 2. The van der Waals surface area contributed by atoms with E-state index in [4.69, 9.17) is 0 Å². The van der Waals surface area contributed by atoms with Gasteiger partial charge in [-0.15, -0.1) is 70.0 Å². The van der Waals surface area contributed by atoms with Gasteiger partial charge in [0.25, 0.3) is 0 Å². The van der Waals surface area contributed by atoms with Crippen molar-refractivity contribution in [2.24, 2.45) is 0 Å². The van der Waals surface area contributed by atoms with Crippen LogP contribution < -0.4 is 30.1 Å². The van der Waals surface area contributed by atoms with Crippen molar-refractivity contribution < 1.29 is 46.5 Å². The van der Waals surface area contributed by atoms with Gasteiger partial charge >= 0.3 is 21.7 Å². The van der Waals surface area contributed by atoms with Gasteiger partial charge in [0.1, 0.15) is 0 Å². The van der Waals surface area contributed by atoms with Crippen LogP contribution in [0.3, 0.4) is 0 Å². The molecule has 0 radical (unpaired) electrons. The first-order valence-corrected chi connectivity index (χ1v) is 11.1. The molecule has 0 saturated heterocycles. The number of hydrogen-bond donors (Lipinski definition) is 0. The van der Waals surface area contributed by atoms with E-state index in [1.54, 1.807) is 5.30 Å². The zero-order valence-electron chi connectivity index (χ0n) is 18.7. The van der Waals surface area contributed by atoms with Gasteiger partial charge in [0.05, 0.1) is 0 Å². The molecule has 0 unspecified atom stereocenters. The van der Waals surface area contributed by atoms with Crippen molar-refractivity contribution in [3.8, 4) is 0 Å². The molecule has 4 rings (SSSR count). The van der Waals surface area contributed by atoms with E-state index in [0.29, 0.717) is 10.3 Å². The predicted molar refractivity (Wildman–Crippen MR) is 125 cm³/mol. The molecule has 0 aliphatic carbocycles. The summed E-state index contributed by atoms with van der Waals surface area (Å²) in [6.07, 6.45) is 0. The van der Waals surface area contributed by atoms with Crippen LogP contribution in [0.4, 0.5) is 0 Å². The second-order valence-corrected chi connectivity index (χ2v) is 13.0. The monoisotopic (exact) mass is 492 g/mol. The van der Waals surface area contributed by atoms with Gasteiger partial charge in [-0.2, -0.15) is 23.6 Å². The summed E-state index contributed by atoms with van der Waals surface area (Å²) >= 11 is 0. The van der Waals surface area contributed by atoms with E-state index in [-0.39, 0.29) is 54.5 Å². The predicted octanol–water partition coefficient (Wildman–Crippen LogP) is 1.83. The maximum atomic E-state index is 2.40. The fourth-order valence-corrected chi connectivity index (χ4v) is 8.21. The van der Waals surface area contributed by atoms with Crippen LogP contribution in [0.5, 0.6) is 0 Å². The summed E-state index contributed by atoms with van der Waals surface area (Å²) in [6, 6.07) is 28.2. The third-order valence-electron chi connectivity index (χ3n) is 4.75. The molecule has 158 valence electrons. The average Bonchev–Trinajstić information content (AvgIpc) is 3.18. The Hall–Kier alpha value is -0.616. The molecule has 0 spiro atoms. The van der Waals surface area contributed by atoms with Gasteiger partial charge in [-0.1, -0.05) is 61.6 Å². The molecule has 0 heterocycles. The molecular weight excluding hydrogens is 462 g/mol. The van der Waals surface area contributed by atoms with E-state index in [1.807, 2.05) is 0 Å². The summed E-state index contributed by atoms with van der Waals surface area (Å²) in [6.45, 7) is 14.3. The van der Waals surface area contributed by atoms with Crippen molar-refractivity contribution >= 4 is 34.8 Å². The fraction of sp³-hybridized carbons (Fsp3) is 0.308. The van der Waals surface area contributed by atoms with Gasteiger partial charge in [0.2, 0.25) is 0 Å². The zero-order valence-corrected chi connectivity index (χ0v) is 22.7. The Labute approximate surface area is 211 Å². The van der Waals surface area contributed by atoms with Crippen LogP contribution in [0.15, 0.2) is 78.9 Å². The number of benzene rings is 2. The van der Waals surface area contributed by atoms with Crippen LogP contribution in [0.1, 0.15) is 41.5 Å². The molecule has 0 N–H and O–H groups in total. The molecule has 0 fully saturated rings. The zero-order chi connectivity index (χ0) is 19.7. The summed E-state index contributed by atoms with van der Waals surface area (Å²) in [5.41, 5.74) is 0. The van der Waals surface area contributed by atoms with Gasteiger partial charge < -0.3 is 24.8 Å². The Morgan fingerprint density at radius 1 is 0.667 bits per heavy atom. The van der Waals surface area contributed by atoms with Crippen LogP contribution in [-0.2, 0) is 21.7 Å². The molecule has 0 bridgehead atoms. The van der Waals surface area contributed by atoms with Crippen molar-refractivity contribution in [1.29, 1.82) is 0 Å². The Morgan fingerprint density at radius 2 is 1.17 bits per heavy atom. The number of hydrogen-bond acceptors (Lipinski definition) is 0. The smallest absolute Gasteiger partial charge is 1.00 e. The molecule has 0 saturated carbocycles. The van der Waals surface area contributed by atoms with Gasteiger partial charge in [-0.05, 0) is 10.3 Å². The van der Waals surface area contributed by atoms with Gasteiger partial charge in [-0.3, -0.25) is 0 Å². The SMILES string of the molecule is CC(C)(C)P(c1cc2ccccc2[cH-]1)C(C)(C)C.[Cl-].[Cl-].[Ti+4].c1ccc2[cH-]ccc2c1. The fourth-order valence-electron chi connectivity index (χ4n) is 4.11. The number of rotatable bonds is 1. The van der Waals surface area contributed by atoms with E-state index in [1.165, 1.54) is 21.5 Å². The second kappa shape index (κ2) is 11.8. The van der Waals surface area contributed by atoms with E-state index in [0.717, 1.165) is 0 Å². The molecule has 0 aliphatic heterocycles. The quantitative estimate of drug-likeness (QED) is 0.216. The molecule has 0 atom stereocenters. The normalized spacial score (nSPS) is 11.2. The van der Waals surface area contributed by atoms with Crippen LogP contribution in [-0.4, -0.2) is 10.3 Å². The van der Waals surface area contributed by atoms with Gasteiger partial charge in [-0.25, -0.2) is 0 Å². The van der Waals surface area contributed by atoms with E-state index >= 15 is 0 Å². The first-order chi connectivity index (χ1) is 12.7. The molecule has 4 aromatic rings. The Morgan fingerprint density at radius 3 is 1.67 bits per heavy atom. The molecule has 4 heteroatoms. The standard InChI is InChI=1S/C17H24P.C9H7.2ClH.Ti/c1-16(2,3)18(17(4,5)6)15-11-13-9-7-8-10-14(13)12-15;1-2-5-9-7-3-6-8(9)4-1;;;/h7-12H,1-6H3;1-7H;2*1H;/q2*-1;;;+4/p-2. The van der Waals surface area contributed by atoms with Crippen molar-refractivity contribution in [3.05, 3.63) is 78.9 Å². The van der Waals surface area contributed by atoms with Crippen LogP contribution in [0.25, 0.3) is 21.5 Å². The number of fused-ring (bicyclic) bond motifs is 2. The largest absolute Gasteiger partial charge is 4.00 e. The molecule has 0 aromatic heterocycles. The first-order valence-electron chi connectivity index (χ1n) is 9.72. The van der Waals surface area contributed by atoms with Crippen molar-refractivity contribution in [1.82, 2.24) is 0 Å². The summed E-state index contributed by atoms with van der Waals surface area (Å²) in [5.74, 6) is 0. The molecule has 0 nitrogen and oxygen atoms in total. The Kier molecular flexibility index (Phi) is 11.6. The van der Waals surface area contributed by atoms with E-state index < -0.39 is 0 Å². The van der Waals surface area contributed by atoms with Gasteiger partial charge in [0, 0.05) is 0 Å². The minimum absolute atomic E-state index is 0. The topological polar surface area (TPSA) is 0 Å². The minimum atomic E-state index is -0.185. The Balaban J connectivity index is 0.000000597. The molecule has 4 aromatic carbocycles. The van der Waals surface area contributed by atoms with Gasteiger partial charge in [0.15, 0.2) is 0 Å². The maximum absolute atomic E-state index is 2.40. The van der Waals surface area contributed by atoms with Crippen molar-refractivity contribution in [2.45, 2.75) is 51.9 Å². The summed E-state index contributed by atoms with van der Waals surface area (Å²) < 4.78 is 0. The van der Waals surface area contributed by atoms with Crippen LogP contribution in [0.2, 0.25) is 0 Å². The third kappa shape index (κ3) is 7.22. The second-order valence-electron chi connectivity index (χ2n) is 9.17. The Bertz CT molecular complexity index is 941. The maximum Gasteiger partial charge on any atom is 4.00 e. The summed E-state index contributed by atoms with van der Waals surface area (Å²) in [7, 11) is -0.185. The third-order valence-corrected chi connectivity index (χ3v) is 8.21. The molecule has 30 heavy (non-hydrogen) atoms. The molecule has 0 amide bonds.